The highest BCUT2D eigenvalue weighted by Crippen LogP contribution is 2.51. The summed E-state index contributed by atoms with van der Waals surface area (Å²) in [6.07, 6.45) is 5.35. The number of ether oxygens (including phenoxy) is 1. The van der Waals surface area contributed by atoms with Crippen LogP contribution in [0.5, 0.6) is 5.75 Å². The molecule has 1 aromatic heterocycles. The fourth-order valence-electron chi connectivity index (χ4n) is 5.80. The predicted molar refractivity (Wildman–Crippen MR) is 93.2 cm³/mol. The molecule has 6 rings (SSSR count). The number of nitrogens with one attached hydrogen (secondary N) is 1. The average Bonchev–Trinajstić information content (AvgIpc) is 2.92. The van der Waals surface area contributed by atoms with Gasteiger partial charge in [-0.05, 0) is 54.9 Å². The number of nitrogens with zero attached hydrogens (tertiary/aromatic N) is 1. The highest BCUT2D eigenvalue weighted by Gasteiger charge is 2.48. The zero-order valence-electron chi connectivity index (χ0n) is 14.1. The van der Waals surface area contributed by atoms with E-state index in [4.69, 9.17) is 4.74 Å². The zero-order chi connectivity index (χ0) is 15.6. The molecule has 3 aliphatic heterocycles. The third-order valence-corrected chi connectivity index (χ3v) is 6.72. The number of hydrogen-bond acceptors (Lipinski definition) is 2. The van der Waals surface area contributed by atoms with Gasteiger partial charge in [0, 0.05) is 41.6 Å². The van der Waals surface area contributed by atoms with Crippen LogP contribution in [0, 0.1) is 11.8 Å². The maximum Gasteiger partial charge on any atom is 0.119 e. The van der Waals surface area contributed by atoms with Gasteiger partial charge in [0.25, 0.3) is 0 Å². The molecule has 0 radical (unpaired) electrons. The van der Waals surface area contributed by atoms with Gasteiger partial charge in [0.1, 0.15) is 5.75 Å². The van der Waals surface area contributed by atoms with Crippen molar-refractivity contribution in [3.63, 3.8) is 0 Å². The minimum Gasteiger partial charge on any atom is -0.497 e. The molecule has 3 heteroatoms. The fraction of sp³-hybridized carbons (Fsp3) is 0.600. The van der Waals surface area contributed by atoms with Crippen LogP contribution in [0.25, 0.3) is 10.9 Å². The number of rotatable bonds is 2. The first kappa shape index (κ1) is 13.9. The van der Waals surface area contributed by atoms with Crippen molar-refractivity contribution in [2.45, 2.75) is 44.6 Å². The molecular formula is C20H26N2O. The Morgan fingerprint density at radius 3 is 3.04 bits per heavy atom. The van der Waals surface area contributed by atoms with E-state index in [1.807, 2.05) is 0 Å². The first-order valence-electron chi connectivity index (χ1n) is 9.21. The van der Waals surface area contributed by atoms with E-state index in [2.05, 4.69) is 35.0 Å². The van der Waals surface area contributed by atoms with Crippen molar-refractivity contribution in [1.29, 1.82) is 0 Å². The van der Waals surface area contributed by atoms with Crippen LogP contribution in [-0.2, 0) is 6.42 Å². The van der Waals surface area contributed by atoms with Gasteiger partial charge in [0.05, 0.1) is 7.11 Å². The number of aromatic amines is 1. The molecule has 2 aromatic rings. The third kappa shape index (κ3) is 1.92. The number of aromatic nitrogens is 1. The van der Waals surface area contributed by atoms with Crippen LogP contribution in [0.2, 0.25) is 0 Å². The first-order chi connectivity index (χ1) is 11.3. The second-order valence-electron chi connectivity index (χ2n) is 7.78. The third-order valence-electron chi connectivity index (χ3n) is 6.72. The topological polar surface area (TPSA) is 28.3 Å². The lowest BCUT2D eigenvalue weighted by Gasteiger charge is -2.53. The van der Waals surface area contributed by atoms with Crippen molar-refractivity contribution >= 4 is 10.9 Å². The molecule has 1 saturated carbocycles. The molecule has 1 aromatic carbocycles. The Balaban J connectivity index is 1.66. The largest absolute Gasteiger partial charge is 0.497 e. The van der Waals surface area contributed by atoms with Gasteiger partial charge in [-0.2, -0.15) is 0 Å². The number of piperidine rings is 2. The highest BCUT2D eigenvalue weighted by molar-refractivity contribution is 5.86. The van der Waals surface area contributed by atoms with E-state index in [0.29, 0.717) is 5.92 Å². The Bertz CT molecular complexity index is 749. The summed E-state index contributed by atoms with van der Waals surface area (Å²) >= 11 is 0. The molecule has 23 heavy (non-hydrogen) atoms. The van der Waals surface area contributed by atoms with Crippen LogP contribution in [0.1, 0.15) is 43.4 Å². The second kappa shape index (κ2) is 5.01. The van der Waals surface area contributed by atoms with Crippen molar-refractivity contribution in [3.8, 4) is 5.75 Å². The smallest absolute Gasteiger partial charge is 0.119 e. The van der Waals surface area contributed by atoms with Crippen molar-refractivity contribution in [3.05, 3.63) is 29.5 Å². The molecule has 0 amide bonds. The summed E-state index contributed by atoms with van der Waals surface area (Å²) in [5.41, 5.74) is 4.40. The minimum atomic E-state index is 0.711. The van der Waals surface area contributed by atoms with Gasteiger partial charge >= 0.3 is 0 Å². The molecule has 4 heterocycles. The molecule has 4 aliphatic rings. The summed E-state index contributed by atoms with van der Waals surface area (Å²) in [4.78, 5) is 6.63. The van der Waals surface area contributed by atoms with Crippen LogP contribution in [0.4, 0.5) is 0 Å². The highest BCUT2D eigenvalue weighted by atomic mass is 16.5. The molecule has 122 valence electrons. The maximum atomic E-state index is 5.46. The van der Waals surface area contributed by atoms with E-state index in [0.717, 1.165) is 23.6 Å². The SMILES string of the molecule is CCC1C[C@H]2C[C@H]3c4[nH]c5ccc(OC)cc5c4CCN(C2)[C@@H]13. The Labute approximate surface area is 138 Å². The Morgan fingerprint density at radius 1 is 1.30 bits per heavy atom. The van der Waals surface area contributed by atoms with Crippen LogP contribution in [0.3, 0.4) is 0 Å². The standard InChI is InChI=1S/C20H26N2O/c1-3-13-8-12-9-17-19-15(6-7-22(11-12)20(13)17)16-10-14(23-2)4-5-18(16)21-19/h4-5,10,12-13,17,20-21H,3,6-9,11H2,1-2H3/t12-,13?,17-,20-/m0/s1. The summed E-state index contributed by atoms with van der Waals surface area (Å²) < 4.78 is 5.46. The lowest BCUT2D eigenvalue weighted by Crippen LogP contribution is -2.56. The van der Waals surface area contributed by atoms with Gasteiger partial charge < -0.3 is 9.72 Å². The van der Waals surface area contributed by atoms with E-state index in [-0.39, 0.29) is 0 Å². The summed E-state index contributed by atoms with van der Waals surface area (Å²) in [6.45, 7) is 4.95. The van der Waals surface area contributed by atoms with Crippen molar-refractivity contribution < 1.29 is 4.74 Å². The van der Waals surface area contributed by atoms with Gasteiger partial charge in [0.15, 0.2) is 0 Å². The van der Waals surface area contributed by atoms with Gasteiger partial charge in [-0.15, -0.1) is 0 Å². The molecule has 5 atom stereocenters. The zero-order valence-corrected chi connectivity index (χ0v) is 14.1. The second-order valence-corrected chi connectivity index (χ2v) is 7.78. The van der Waals surface area contributed by atoms with E-state index < -0.39 is 0 Å². The molecule has 3 nitrogen and oxygen atoms in total. The minimum absolute atomic E-state index is 0.711. The number of H-pyrrole nitrogens is 1. The maximum absolute atomic E-state index is 5.46. The van der Waals surface area contributed by atoms with E-state index >= 15 is 0 Å². The fourth-order valence-corrected chi connectivity index (χ4v) is 5.80. The predicted octanol–water partition coefficient (Wildman–Crippen LogP) is 3.94. The molecule has 3 fully saturated rings. The lowest BCUT2D eigenvalue weighted by atomic mass is 9.65. The summed E-state index contributed by atoms with van der Waals surface area (Å²) in [5, 5.41) is 1.39. The molecule has 2 saturated heterocycles. The van der Waals surface area contributed by atoms with Gasteiger partial charge in [-0.1, -0.05) is 13.3 Å². The molecule has 0 spiro atoms. The Hall–Kier alpha value is -1.48. The van der Waals surface area contributed by atoms with Crippen LogP contribution < -0.4 is 4.74 Å². The summed E-state index contributed by atoms with van der Waals surface area (Å²) in [5.74, 6) is 3.48. The average molecular weight is 310 g/mol. The summed E-state index contributed by atoms with van der Waals surface area (Å²) in [6, 6.07) is 7.26. The van der Waals surface area contributed by atoms with Crippen LogP contribution >= 0.6 is 0 Å². The van der Waals surface area contributed by atoms with Gasteiger partial charge in [-0.3, -0.25) is 4.90 Å². The number of fused-ring (bicyclic) bond motifs is 4. The van der Waals surface area contributed by atoms with E-state index in [9.17, 15) is 0 Å². The van der Waals surface area contributed by atoms with Crippen molar-refractivity contribution in [2.75, 3.05) is 20.2 Å². The van der Waals surface area contributed by atoms with Crippen molar-refractivity contribution in [1.82, 2.24) is 9.88 Å². The number of hydrogen-bond donors (Lipinski definition) is 1. The normalized spacial score (nSPS) is 35.1. The molecule has 4 bridgehead atoms. The first-order valence-corrected chi connectivity index (χ1v) is 9.21. The lowest BCUT2D eigenvalue weighted by molar-refractivity contribution is -0.0134. The monoisotopic (exact) mass is 310 g/mol. The Kier molecular flexibility index (Phi) is 3.03. The summed E-state index contributed by atoms with van der Waals surface area (Å²) in [7, 11) is 1.76. The number of benzene rings is 1. The molecule has 2 unspecified atom stereocenters. The molecular weight excluding hydrogens is 284 g/mol. The van der Waals surface area contributed by atoms with Crippen molar-refractivity contribution in [2.24, 2.45) is 11.8 Å². The van der Waals surface area contributed by atoms with Gasteiger partial charge in [-0.25, -0.2) is 0 Å². The molecule has 1 aliphatic carbocycles. The van der Waals surface area contributed by atoms with Crippen LogP contribution in [-0.4, -0.2) is 36.1 Å². The quantitative estimate of drug-likeness (QED) is 0.910. The Morgan fingerprint density at radius 2 is 2.22 bits per heavy atom. The molecule has 1 N–H and O–H groups in total. The van der Waals surface area contributed by atoms with E-state index in [1.54, 1.807) is 18.4 Å². The van der Waals surface area contributed by atoms with E-state index in [1.165, 1.54) is 49.7 Å². The van der Waals surface area contributed by atoms with Crippen LogP contribution in [0.15, 0.2) is 18.2 Å². The van der Waals surface area contributed by atoms with Gasteiger partial charge in [0.2, 0.25) is 0 Å². The number of methoxy groups -OCH3 is 1.